The van der Waals surface area contributed by atoms with E-state index in [0.29, 0.717) is 6.61 Å². The molecule has 0 aliphatic rings. The van der Waals surface area contributed by atoms with Gasteiger partial charge in [0.15, 0.2) is 6.29 Å². The molecule has 2 aromatic rings. The molecule has 0 bridgehead atoms. The highest BCUT2D eigenvalue weighted by Gasteiger charge is 2.05. The van der Waals surface area contributed by atoms with Crippen LogP contribution in [0.5, 0.6) is 5.75 Å². The summed E-state index contributed by atoms with van der Waals surface area (Å²) in [5.74, 6) is 0.809. The maximum atomic E-state index is 5.75. The van der Waals surface area contributed by atoms with Crippen LogP contribution in [0.4, 0.5) is 0 Å². The molecule has 0 heterocycles. The molecule has 0 fully saturated rings. The number of benzene rings is 2. The van der Waals surface area contributed by atoms with Gasteiger partial charge in [0, 0.05) is 0 Å². The molecule has 2 nitrogen and oxygen atoms in total. The highest BCUT2D eigenvalue weighted by atomic mass is 16.7. The zero-order chi connectivity index (χ0) is 19.1. The van der Waals surface area contributed by atoms with Crippen LogP contribution >= 0.6 is 0 Å². The van der Waals surface area contributed by atoms with Gasteiger partial charge < -0.3 is 9.47 Å². The van der Waals surface area contributed by atoms with Crippen molar-refractivity contribution in [2.24, 2.45) is 0 Å². The van der Waals surface area contributed by atoms with E-state index in [0.717, 1.165) is 28.9 Å². The van der Waals surface area contributed by atoms with E-state index in [9.17, 15) is 0 Å². The zero-order valence-electron chi connectivity index (χ0n) is 16.7. The first-order chi connectivity index (χ1) is 12.2. The van der Waals surface area contributed by atoms with Crippen LogP contribution in [0.2, 0.25) is 0 Å². The summed E-state index contributed by atoms with van der Waals surface area (Å²) in [6.07, 6.45) is 0.669. The second kappa shape index (κ2) is 14.3. The van der Waals surface area contributed by atoms with E-state index in [2.05, 4.69) is 13.5 Å². The summed E-state index contributed by atoms with van der Waals surface area (Å²) in [4.78, 5) is 0. The lowest BCUT2D eigenvalue weighted by Crippen LogP contribution is -2.16. The molecule has 1 atom stereocenters. The number of ether oxygens (including phenoxy) is 2. The molecule has 0 radical (unpaired) electrons. The van der Waals surface area contributed by atoms with Gasteiger partial charge in [-0.05, 0) is 42.2 Å². The fourth-order valence-corrected chi connectivity index (χ4v) is 1.99. The molecule has 0 saturated heterocycles. The molecule has 25 heavy (non-hydrogen) atoms. The van der Waals surface area contributed by atoms with Gasteiger partial charge in [0.1, 0.15) is 5.75 Å². The number of hydrogen-bond donors (Lipinski definition) is 0. The van der Waals surface area contributed by atoms with Gasteiger partial charge in [-0.3, -0.25) is 0 Å². The maximum absolute atomic E-state index is 5.75. The lowest BCUT2D eigenvalue weighted by atomic mass is 10.1. The summed E-state index contributed by atoms with van der Waals surface area (Å²) >= 11 is 0. The van der Waals surface area contributed by atoms with E-state index in [1.807, 2.05) is 89.2 Å². The van der Waals surface area contributed by atoms with Crippen LogP contribution in [0, 0.1) is 0 Å². The lowest BCUT2D eigenvalue weighted by Gasteiger charge is -2.16. The Morgan fingerprint density at radius 2 is 1.48 bits per heavy atom. The van der Waals surface area contributed by atoms with E-state index in [1.165, 1.54) is 0 Å². The molecule has 0 amide bonds. The van der Waals surface area contributed by atoms with Crippen molar-refractivity contribution in [3.8, 4) is 5.75 Å². The topological polar surface area (TPSA) is 18.5 Å². The molecule has 2 aromatic carbocycles. The van der Waals surface area contributed by atoms with Crippen molar-refractivity contribution in [2.75, 3.05) is 0 Å². The zero-order valence-corrected chi connectivity index (χ0v) is 16.7. The van der Waals surface area contributed by atoms with Crippen LogP contribution in [0.25, 0.3) is 5.57 Å². The van der Waals surface area contributed by atoms with Crippen LogP contribution in [0.3, 0.4) is 0 Å². The van der Waals surface area contributed by atoms with Gasteiger partial charge in [0.2, 0.25) is 0 Å². The molecule has 0 spiro atoms. The fourth-order valence-electron chi connectivity index (χ4n) is 1.99. The van der Waals surface area contributed by atoms with Gasteiger partial charge in [-0.15, -0.1) is 0 Å². The van der Waals surface area contributed by atoms with Crippen LogP contribution in [-0.2, 0) is 11.3 Å². The molecular weight excluding hydrogens is 308 g/mol. The maximum Gasteiger partial charge on any atom is 0.197 e. The summed E-state index contributed by atoms with van der Waals surface area (Å²) in [5, 5.41) is 0. The Morgan fingerprint density at radius 1 is 0.920 bits per heavy atom. The molecule has 138 valence electrons. The first-order valence-corrected chi connectivity index (χ1v) is 9.29. The van der Waals surface area contributed by atoms with Crippen LogP contribution in [-0.4, -0.2) is 6.29 Å². The summed E-state index contributed by atoms with van der Waals surface area (Å²) in [6, 6.07) is 18.1. The second-order valence-corrected chi connectivity index (χ2v) is 4.96. The molecule has 2 heteroatoms. The van der Waals surface area contributed by atoms with Gasteiger partial charge in [0.25, 0.3) is 0 Å². The van der Waals surface area contributed by atoms with Gasteiger partial charge in [-0.1, -0.05) is 83.7 Å². The minimum absolute atomic E-state index is 0.287. The largest absolute Gasteiger partial charge is 0.465 e. The molecule has 1 unspecified atom stereocenters. The van der Waals surface area contributed by atoms with E-state index < -0.39 is 0 Å². The van der Waals surface area contributed by atoms with E-state index in [1.54, 1.807) is 0 Å². The van der Waals surface area contributed by atoms with Crippen molar-refractivity contribution in [3.63, 3.8) is 0 Å². The summed E-state index contributed by atoms with van der Waals surface area (Å²) in [5.41, 5.74) is 3.43. The SMILES string of the molecule is C=C(CC)c1ccc(OC(C)OCc2ccccc2)cc1.CC.CC. The predicted molar refractivity (Wildman–Crippen MR) is 110 cm³/mol. The molecule has 0 aliphatic carbocycles. The molecule has 2 rings (SSSR count). The average molecular weight is 343 g/mol. The minimum Gasteiger partial charge on any atom is -0.465 e. The standard InChI is InChI=1S/C19H22O2.2C2H6/c1-4-15(2)18-10-12-19(13-11-18)21-16(3)20-14-17-8-6-5-7-9-17;2*1-2/h5-13,16H,2,4,14H2,1,3H3;2*1-2H3. The monoisotopic (exact) mass is 342 g/mol. The van der Waals surface area contributed by atoms with E-state index in [4.69, 9.17) is 9.47 Å². The van der Waals surface area contributed by atoms with Crippen molar-refractivity contribution < 1.29 is 9.47 Å². The lowest BCUT2D eigenvalue weighted by molar-refractivity contribution is -0.0759. The van der Waals surface area contributed by atoms with E-state index >= 15 is 0 Å². The summed E-state index contributed by atoms with van der Waals surface area (Å²) in [6.45, 7) is 16.6. The Balaban J connectivity index is 0.00000134. The second-order valence-electron chi connectivity index (χ2n) is 4.96. The normalized spacial score (nSPS) is 10.5. The van der Waals surface area contributed by atoms with Crippen molar-refractivity contribution in [1.29, 1.82) is 0 Å². The Bertz CT molecular complexity index is 558. The number of hydrogen-bond acceptors (Lipinski definition) is 2. The quantitative estimate of drug-likeness (QED) is 0.499. The van der Waals surface area contributed by atoms with E-state index in [-0.39, 0.29) is 6.29 Å². The van der Waals surface area contributed by atoms with Crippen molar-refractivity contribution in [2.45, 2.75) is 60.9 Å². The Hall–Kier alpha value is -2.06. The molecule has 0 aromatic heterocycles. The Morgan fingerprint density at radius 3 is 2.00 bits per heavy atom. The van der Waals surface area contributed by atoms with Gasteiger partial charge in [-0.25, -0.2) is 0 Å². The Kier molecular flexibility index (Phi) is 13.1. The smallest absolute Gasteiger partial charge is 0.197 e. The average Bonchev–Trinajstić information content (AvgIpc) is 2.70. The van der Waals surface area contributed by atoms with Crippen LogP contribution in [0.1, 0.15) is 59.1 Å². The predicted octanol–water partition coefficient (Wildman–Crippen LogP) is 7.10. The molecule has 0 aliphatic heterocycles. The molecule has 0 saturated carbocycles. The third-order valence-electron chi connectivity index (χ3n) is 3.32. The third-order valence-corrected chi connectivity index (χ3v) is 3.32. The third kappa shape index (κ3) is 9.11. The van der Waals surface area contributed by atoms with Crippen LogP contribution < -0.4 is 4.74 Å². The Labute approximate surface area is 154 Å². The molecular formula is C23H34O2. The summed E-state index contributed by atoms with van der Waals surface area (Å²) < 4.78 is 11.4. The number of allylic oxidation sites excluding steroid dienone is 1. The first-order valence-electron chi connectivity index (χ1n) is 9.29. The van der Waals surface area contributed by atoms with Crippen molar-refractivity contribution >= 4 is 5.57 Å². The van der Waals surface area contributed by atoms with Gasteiger partial charge in [0.05, 0.1) is 6.61 Å². The summed E-state index contributed by atoms with van der Waals surface area (Å²) in [7, 11) is 0. The number of rotatable bonds is 7. The van der Waals surface area contributed by atoms with Gasteiger partial charge in [-0.2, -0.15) is 0 Å². The molecule has 0 N–H and O–H groups in total. The van der Waals surface area contributed by atoms with Gasteiger partial charge >= 0.3 is 0 Å². The van der Waals surface area contributed by atoms with Crippen LogP contribution in [0.15, 0.2) is 61.2 Å². The highest BCUT2D eigenvalue weighted by Crippen LogP contribution is 2.20. The first kappa shape index (κ1) is 22.9. The highest BCUT2D eigenvalue weighted by molar-refractivity contribution is 5.63. The van der Waals surface area contributed by atoms with Crippen molar-refractivity contribution in [1.82, 2.24) is 0 Å². The van der Waals surface area contributed by atoms with Crippen molar-refractivity contribution in [3.05, 3.63) is 72.3 Å². The fraction of sp³-hybridized carbons (Fsp3) is 0.391. The minimum atomic E-state index is -0.287.